The van der Waals surface area contributed by atoms with Gasteiger partial charge in [-0.15, -0.1) is 0 Å². The molecule has 0 atom stereocenters. The lowest BCUT2D eigenvalue weighted by Crippen LogP contribution is -1.95. The van der Waals surface area contributed by atoms with Crippen LogP contribution in [0, 0.1) is 6.92 Å². The van der Waals surface area contributed by atoms with Gasteiger partial charge in [0.1, 0.15) is 0 Å². The van der Waals surface area contributed by atoms with Crippen molar-refractivity contribution in [2.45, 2.75) is 18.7 Å². The Morgan fingerprint density at radius 1 is 1.27 bits per heavy atom. The maximum atomic E-state index is 11.7. The van der Waals surface area contributed by atoms with E-state index in [0.29, 0.717) is 10.5 Å². The molecule has 0 unspecified atom stereocenters. The van der Waals surface area contributed by atoms with Crippen molar-refractivity contribution >= 4 is 9.84 Å². The average Bonchev–Trinajstić information content (AvgIpc) is 2.16. The molecule has 0 aliphatic carbocycles. The maximum absolute atomic E-state index is 11.7. The number of hydrogen-bond donors (Lipinski definition) is 0. The fourth-order valence-electron chi connectivity index (χ4n) is 1.01. The van der Waals surface area contributed by atoms with Crippen LogP contribution in [0.1, 0.15) is 12.5 Å². The first-order valence-corrected chi connectivity index (χ1v) is 6.12. The minimum atomic E-state index is -3.31. The van der Waals surface area contributed by atoms with Crippen LogP contribution >= 0.6 is 0 Å². The second-order valence-electron chi connectivity index (χ2n) is 3.51. The molecule has 0 N–H and O–H groups in total. The van der Waals surface area contributed by atoms with E-state index >= 15 is 0 Å². The monoisotopic (exact) mass is 222 g/mol. The zero-order valence-electron chi connectivity index (χ0n) is 8.90. The Bertz CT molecular complexity index is 479. The number of allylic oxidation sites excluding steroid dienone is 2. The molecule has 0 aliphatic rings. The summed E-state index contributed by atoms with van der Waals surface area (Å²) in [5.74, 6) is 0. The molecule has 0 bridgehead atoms. The fourth-order valence-corrected chi connectivity index (χ4v) is 2.10. The quantitative estimate of drug-likeness (QED) is 0.737. The number of hydrogen-bond acceptors (Lipinski definition) is 2. The second-order valence-corrected chi connectivity index (χ2v) is 5.34. The van der Waals surface area contributed by atoms with Crippen molar-refractivity contribution in [3.8, 4) is 0 Å². The van der Waals surface area contributed by atoms with Crippen LogP contribution in [-0.2, 0) is 9.84 Å². The van der Waals surface area contributed by atoms with Crippen LogP contribution in [0.3, 0.4) is 0 Å². The average molecular weight is 222 g/mol. The van der Waals surface area contributed by atoms with Crippen molar-refractivity contribution in [3.05, 3.63) is 53.5 Å². The van der Waals surface area contributed by atoms with Gasteiger partial charge in [0.2, 0.25) is 0 Å². The first kappa shape index (κ1) is 11.7. The molecule has 0 spiro atoms. The molecule has 0 aromatic heterocycles. The highest BCUT2D eigenvalue weighted by atomic mass is 32.2. The Balaban J connectivity index is 3.07. The lowest BCUT2D eigenvalue weighted by Gasteiger charge is -1.99. The minimum absolute atomic E-state index is 0.311. The largest absolute Gasteiger partial charge is 0.219 e. The highest BCUT2D eigenvalue weighted by molar-refractivity contribution is 7.94. The van der Waals surface area contributed by atoms with E-state index in [9.17, 15) is 8.42 Å². The molecule has 0 saturated carbocycles. The van der Waals surface area contributed by atoms with E-state index in [-0.39, 0.29) is 0 Å². The summed E-state index contributed by atoms with van der Waals surface area (Å²) in [7, 11) is -3.31. The Morgan fingerprint density at radius 2 is 1.80 bits per heavy atom. The summed E-state index contributed by atoms with van der Waals surface area (Å²) in [5, 5.41) is 1.18. The van der Waals surface area contributed by atoms with Crippen LogP contribution < -0.4 is 0 Å². The van der Waals surface area contributed by atoms with Crippen molar-refractivity contribution in [1.82, 2.24) is 0 Å². The van der Waals surface area contributed by atoms with Gasteiger partial charge in [-0.05, 0) is 32.1 Å². The lowest BCUT2D eigenvalue weighted by atomic mass is 10.2. The van der Waals surface area contributed by atoms with Crippen LogP contribution in [0.2, 0.25) is 0 Å². The van der Waals surface area contributed by atoms with Gasteiger partial charge in [-0.1, -0.05) is 29.8 Å². The Kier molecular flexibility index (Phi) is 3.48. The van der Waals surface area contributed by atoms with E-state index in [2.05, 4.69) is 6.58 Å². The van der Waals surface area contributed by atoms with Crippen molar-refractivity contribution in [2.75, 3.05) is 0 Å². The van der Waals surface area contributed by atoms with Crippen molar-refractivity contribution < 1.29 is 8.42 Å². The van der Waals surface area contributed by atoms with Gasteiger partial charge in [0.05, 0.1) is 4.90 Å². The van der Waals surface area contributed by atoms with E-state index in [1.807, 2.05) is 6.92 Å². The summed E-state index contributed by atoms with van der Waals surface area (Å²) in [6.45, 7) is 7.28. The molecule has 1 aromatic rings. The molecule has 0 radical (unpaired) electrons. The number of rotatable bonds is 3. The molecule has 0 fully saturated rings. The zero-order valence-corrected chi connectivity index (χ0v) is 9.71. The molecule has 80 valence electrons. The van der Waals surface area contributed by atoms with E-state index in [1.54, 1.807) is 31.2 Å². The molecular weight excluding hydrogens is 208 g/mol. The Labute approximate surface area is 90.9 Å². The van der Waals surface area contributed by atoms with Gasteiger partial charge in [0, 0.05) is 5.41 Å². The van der Waals surface area contributed by atoms with Gasteiger partial charge >= 0.3 is 0 Å². The van der Waals surface area contributed by atoms with Gasteiger partial charge < -0.3 is 0 Å². The summed E-state index contributed by atoms with van der Waals surface area (Å²) in [6, 6.07) is 6.77. The standard InChI is InChI=1S/C12H14O2S/c1-10(2)8-9-15(13,14)12-6-4-11(3)5-7-12/h4-9H,1H2,2-3H3. The summed E-state index contributed by atoms with van der Waals surface area (Å²) in [5.41, 5.74) is 1.75. The minimum Gasteiger partial charge on any atom is -0.219 e. The molecule has 3 heteroatoms. The molecule has 0 saturated heterocycles. The first-order chi connectivity index (χ1) is 6.92. The van der Waals surface area contributed by atoms with Crippen LogP contribution in [0.15, 0.2) is 52.8 Å². The van der Waals surface area contributed by atoms with Crippen molar-refractivity contribution in [3.63, 3.8) is 0 Å². The molecular formula is C12H14O2S. The summed E-state index contributed by atoms with van der Waals surface area (Å²) in [6.07, 6.45) is 1.50. The molecule has 0 aliphatic heterocycles. The number of benzene rings is 1. The van der Waals surface area contributed by atoms with Gasteiger partial charge in [-0.3, -0.25) is 0 Å². The second kappa shape index (κ2) is 4.45. The molecule has 2 nitrogen and oxygen atoms in total. The van der Waals surface area contributed by atoms with Gasteiger partial charge in [0.25, 0.3) is 0 Å². The van der Waals surface area contributed by atoms with Gasteiger partial charge in [-0.2, -0.15) is 0 Å². The predicted molar refractivity (Wildman–Crippen MR) is 62.3 cm³/mol. The third-order valence-electron chi connectivity index (χ3n) is 1.88. The highest BCUT2D eigenvalue weighted by Crippen LogP contribution is 2.13. The van der Waals surface area contributed by atoms with E-state index in [4.69, 9.17) is 0 Å². The molecule has 15 heavy (non-hydrogen) atoms. The number of aryl methyl sites for hydroxylation is 1. The molecule has 0 amide bonds. The summed E-state index contributed by atoms with van der Waals surface area (Å²) >= 11 is 0. The van der Waals surface area contributed by atoms with E-state index in [0.717, 1.165) is 5.56 Å². The fraction of sp³-hybridized carbons (Fsp3) is 0.167. The van der Waals surface area contributed by atoms with Crippen LogP contribution in [-0.4, -0.2) is 8.42 Å². The molecule has 0 heterocycles. The Hall–Kier alpha value is -1.35. The number of sulfone groups is 1. The van der Waals surface area contributed by atoms with Crippen LogP contribution in [0.5, 0.6) is 0 Å². The first-order valence-electron chi connectivity index (χ1n) is 4.57. The topological polar surface area (TPSA) is 34.1 Å². The third kappa shape index (κ3) is 3.36. The van der Waals surface area contributed by atoms with Gasteiger partial charge in [-0.25, -0.2) is 8.42 Å². The van der Waals surface area contributed by atoms with E-state index in [1.165, 1.54) is 11.5 Å². The lowest BCUT2D eigenvalue weighted by molar-refractivity contribution is 0.604. The van der Waals surface area contributed by atoms with Crippen molar-refractivity contribution in [2.24, 2.45) is 0 Å². The highest BCUT2D eigenvalue weighted by Gasteiger charge is 2.08. The third-order valence-corrected chi connectivity index (χ3v) is 3.30. The molecule has 1 rings (SSSR count). The predicted octanol–water partition coefficient (Wildman–Crippen LogP) is 2.86. The van der Waals surface area contributed by atoms with Crippen LogP contribution in [0.4, 0.5) is 0 Å². The van der Waals surface area contributed by atoms with Gasteiger partial charge in [0.15, 0.2) is 9.84 Å². The smallest absolute Gasteiger partial charge is 0.199 e. The molecule has 1 aromatic carbocycles. The SMILES string of the molecule is C=C(C)C=CS(=O)(=O)c1ccc(C)cc1. The van der Waals surface area contributed by atoms with E-state index < -0.39 is 9.84 Å². The summed E-state index contributed by atoms with van der Waals surface area (Å²) in [4.78, 5) is 0.311. The van der Waals surface area contributed by atoms with Crippen LogP contribution in [0.25, 0.3) is 0 Å². The Morgan fingerprint density at radius 3 is 2.27 bits per heavy atom. The zero-order chi connectivity index (χ0) is 11.5. The normalized spacial score (nSPS) is 11.9. The maximum Gasteiger partial charge on any atom is 0.199 e. The van der Waals surface area contributed by atoms with Crippen molar-refractivity contribution in [1.29, 1.82) is 0 Å². The summed E-state index contributed by atoms with van der Waals surface area (Å²) < 4.78 is 23.4.